The molecule has 0 unspecified atom stereocenters. The highest BCUT2D eigenvalue weighted by molar-refractivity contribution is 6.30. The summed E-state index contributed by atoms with van der Waals surface area (Å²) in [7, 11) is 0. The topological polar surface area (TPSA) is 73.1 Å². The van der Waals surface area contributed by atoms with Gasteiger partial charge in [-0.05, 0) is 36.8 Å². The normalized spacial score (nSPS) is 11.2. The quantitative estimate of drug-likeness (QED) is 0.380. The summed E-state index contributed by atoms with van der Waals surface area (Å²) in [5.74, 6) is -1.11. The molecular weight excluding hydrogens is 252 g/mol. The zero-order valence-electron chi connectivity index (χ0n) is 9.70. The third-order valence-electron chi connectivity index (χ3n) is 2.08. The number of benzene rings is 1. The van der Waals surface area contributed by atoms with Crippen LogP contribution in [0.2, 0.25) is 5.02 Å². The lowest BCUT2D eigenvalue weighted by molar-refractivity contribution is -0.112. The lowest BCUT2D eigenvalue weighted by atomic mass is 10.1. The smallest absolute Gasteiger partial charge is 0.270 e. The van der Waals surface area contributed by atoms with Crippen molar-refractivity contribution in [2.75, 3.05) is 5.32 Å². The van der Waals surface area contributed by atoms with Gasteiger partial charge in [0.25, 0.3) is 5.91 Å². The Labute approximate surface area is 110 Å². The van der Waals surface area contributed by atoms with Crippen LogP contribution in [0.15, 0.2) is 47.7 Å². The number of nitrogens with zero attached hydrogens (tertiary/aromatic N) is 1. The van der Waals surface area contributed by atoms with Gasteiger partial charge < -0.3 is 10.4 Å². The third kappa shape index (κ3) is 3.37. The van der Waals surface area contributed by atoms with Crippen molar-refractivity contribution in [3.05, 3.63) is 52.8 Å². The van der Waals surface area contributed by atoms with Crippen molar-refractivity contribution < 1.29 is 9.90 Å². The van der Waals surface area contributed by atoms with Crippen molar-refractivity contribution in [3.63, 3.8) is 0 Å². The molecule has 0 bridgehead atoms. The van der Waals surface area contributed by atoms with Crippen LogP contribution in [0.5, 0.6) is 0 Å². The number of nitrogens with one attached hydrogen (secondary N) is 1. The molecule has 0 aliphatic heterocycles. The van der Waals surface area contributed by atoms with E-state index in [1.54, 1.807) is 30.3 Å². The van der Waals surface area contributed by atoms with E-state index in [0.717, 1.165) is 0 Å². The van der Waals surface area contributed by atoms with Gasteiger partial charge in [0, 0.05) is 10.7 Å². The van der Waals surface area contributed by atoms with E-state index in [4.69, 9.17) is 16.9 Å². The summed E-state index contributed by atoms with van der Waals surface area (Å²) >= 11 is 5.70. The number of hydrogen-bond acceptors (Lipinski definition) is 3. The van der Waals surface area contributed by atoms with E-state index in [1.807, 2.05) is 0 Å². The SMILES string of the molecule is C=C(C)/C(O)=C(\C#N)C(=O)Nc1ccc(Cl)cc1. The van der Waals surface area contributed by atoms with Crippen LogP contribution in [0, 0.1) is 11.3 Å². The Morgan fingerprint density at radius 1 is 1.44 bits per heavy atom. The molecule has 4 nitrogen and oxygen atoms in total. The first-order valence-electron chi connectivity index (χ1n) is 5.02. The first-order valence-corrected chi connectivity index (χ1v) is 5.39. The molecule has 18 heavy (non-hydrogen) atoms. The Hall–Kier alpha value is -2.25. The van der Waals surface area contributed by atoms with E-state index in [2.05, 4.69) is 11.9 Å². The molecule has 92 valence electrons. The molecule has 1 aromatic carbocycles. The number of halogens is 1. The number of rotatable bonds is 3. The fraction of sp³-hybridized carbons (Fsp3) is 0.0769. The summed E-state index contributed by atoms with van der Waals surface area (Å²) in [6.45, 7) is 4.97. The lowest BCUT2D eigenvalue weighted by Gasteiger charge is -2.06. The fourth-order valence-electron chi connectivity index (χ4n) is 1.15. The maximum atomic E-state index is 11.7. The van der Waals surface area contributed by atoms with Crippen molar-refractivity contribution in [3.8, 4) is 6.07 Å². The number of nitriles is 1. The van der Waals surface area contributed by atoms with Crippen molar-refractivity contribution >= 4 is 23.2 Å². The van der Waals surface area contributed by atoms with Gasteiger partial charge in [-0.1, -0.05) is 18.2 Å². The van der Waals surface area contributed by atoms with Crippen molar-refractivity contribution in [1.82, 2.24) is 0 Å². The number of carbonyl (C=O) groups excluding carboxylic acids is 1. The highest BCUT2D eigenvalue weighted by atomic mass is 35.5. The van der Waals surface area contributed by atoms with Gasteiger partial charge in [-0.3, -0.25) is 4.79 Å². The molecule has 1 rings (SSSR count). The molecule has 1 amide bonds. The Kier molecular flexibility index (Phi) is 4.52. The Balaban J connectivity index is 2.95. The second kappa shape index (κ2) is 5.89. The third-order valence-corrected chi connectivity index (χ3v) is 2.33. The predicted octanol–water partition coefficient (Wildman–Crippen LogP) is 3.19. The molecule has 2 N–H and O–H groups in total. The van der Waals surface area contributed by atoms with Crippen LogP contribution >= 0.6 is 11.6 Å². The molecule has 0 aliphatic carbocycles. The minimum absolute atomic E-state index is 0.248. The highest BCUT2D eigenvalue weighted by Gasteiger charge is 2.15. The van der Waals surface area contributed by atoms with Crippen LogP contribution in [-0.4, -0.2) is 11.0 Å². The number of aliphatic hydroxyl groups is 1. The molecule has 0 radical (unpaired) electrons. The number of carbonyl (C=O) groups is 1. The van der Waals surface area contributed by atoms with E-state index in [9.17, 15) is 9.90 Å². The van der Waals surface area contributed by atoms with Crippen molar-refractivity contribution in [1.29, 1.82) is 5.26 Å². The maximum Gasteiger partial charge on any atom is 0.270 e. The molecule has 0 heterocycles. The summed E-state index contributed by atoms with van der Waals surface area (Å²) in [6.07, 6.45) is 0. The molecule has 0 spiro atoms. The molecule has 0 atom stereocenters. The molecule has 5 heteroatoms. The first kappa shape index (κ1) is 13.8. The van der Waals surface area contributed by atoms with Gasteiger partial charge in [0.2, 0.25) is 0 Å². The molecule has 0 saturated heterocycles. The van der Waals surface area contributed by atoms with Gasteiger partial charge >= 0.3 is 0 Å². The largest absolute Gasteiger partial charge is 0.506 e. The van der Waals surface area contributed by atoms with E-state index < -0.39 is 11.7 Å². The number of anilines is 1. The second-order valence-corrected chi connectivity index (χ2v) is 4.01. The van der Waals surface area contributed by atoms with Crippen LogP contribution in [0.25, 0.3) is 0 Å². The van der Waals surface area contributed by atoms with Crippen LogP contribution in [0.1, 0.15) is 6.92 Å². The van der Waals surface area contributed by atoms with Crippen molar-refractivity contribution in [2.45, 2.75) is 6.92 Å². The molecule has 0 aromatic heterocycles. The van der Waals surface area contributed by atoms with Gasteiger partial charge in [0.1, 0.15) is 11.8 Å². The number of allylic oxidation sites excluding steroid dienone is 1. The minimum atomic E-state index is -0.694. The average Bonchev–Trinajstić information content (AvgIpc) is 2.32. The Morgan fingerprint density at radius 2 is 2.00 bits per heavy atom. The summed E-state index contributed by atoms with van der Waals surface area (Å²) in [5.41, 5.74) is 0.349. The summed E-state index contributed by atoms with van der Waals surface area (Å²) in [6, 6.07) is 8.03. The zero-order valence-corrected chi connectivity index (χ0v) is 10.5. The lowest BCUT2D eigenvalue weighted by Crippen LogP contribution is -2.15. The summed E-state index contributed by atoms with van der Waals surface area (Å²) in [4.78, 5) is 11.7. The number of hydrogen-bond donors (Lipinski definition) is 2. The average molecular weight is 263 g/mol. The predicted molar refractivity (Wildman–Crippen MR) is 70.2 cm³/mol. The summed E-state index contributed by atoms with van der Waals surface area (Å²) in [5, 5.41) is 21.4. The zero-order chi connectivity index (χ0) is 13.7. The molecule has 0 saturated carbocycles. The molecular formula is C13H11ClN2O2. The van der Waals surface area contributed by atoms with E-state index in [0.29, 0.717) is 10.7 Å². The molecule has 0 fully saturated rings. The van der Waals surface area contributed by atoms with E-state index in [-0.39, 0.29) is 11.1 Å². The Bertz CT molecular complexity index is 553. The Morgan fingerprint density at radius 3 is 2.44 bits per heavy atom. The summed E-state index contributed by atoms with van der Waals surface area (Å²) < 4.78 is 0. The standard InChI is InChI=1S/C13H11ClN2O2/c1-8(2)12(17)11(7-15)13(18)16-10-5-3-9(14)4-6-10/h3-6,17H,1H2,2H3,(H,16,18)/b12-11-. The monoisotopic (exact) mass is 262 g/mol. The van der Waals surface area contributed by atoms with Gasteiger partial charge in [-0.15, -0.1) is 0 Å². The van der Waals surface area contributed by atoms with Crippen molar-refractivity contribution in [2.24, 2.45) is 0 Å². The maximum absolute atomic E-state index is 11.7. The van der Waals surface area contributed by atoms with Crippen LogP contribution in [0.4, 0.5) is 5.69 Å². The minimum Gasteiger partial charge on any atom is -0.506 e. The van der Waals surface area contributed by atoms with E-state index in [1.165, 1.54) is 6.92 Å². The fourth-order valence-corrected chi connectivity index (χ4v) is 1.28. The van der Waals surface area contributed by atoms with E-state index >= 15 is 0 Å². The highest BCUT2D eigenvalue weighted by Crippen LogP contribution is 2.16. The van der Waals surface area contributed by atoms with Gasteiger partial charge in [0.05, 0.1) is 0 Å². The van der Waals surface area contributed by atoms with Crippen LogP contribution in [0.3, 0.4) is 0 Å². The number of amides is 1. The van der Waals surface area contributed by atoms with Crippen LogP contribution < -0.4 is 5.32 Å². The van der Waals surface area contributed by atoms with Gasteiger partial charge in [-0.2, -0.15) is 5.26 Å². The van der Waals surface area contributed by atoms with Crippen LogP contribution in [-0.2, 0) is 4.79 Å². The first-order chi connectivity index (χ1) is 8.45. The number of aliphatic hydroxyl groups excluding tert-OH is 1. The second-order valence-electron chi connectivity index (χ2n) is 3.58. The van der Waals surface area contributed by atoms with Gasteiger partial charge in [0.15, 0.2) is 5.57 Å². The molecule has 0 aliphatic rings. The van der Waals surface area contributed by atoms with Gasteiger partial charge in [-0.25, -0.2) is 0 Å². The molecule has 1 aromatic rings.